The van der Waals surface area contributed by atoms with Gasteiger partial charge in [-0.1, -0.05) is 46.3 Å². The minimum Gasteiger partial charge on any atom is -0.392 e. The van der Waals surface area contributed by atoms with Gasteiger partial charge in [-0.05, 0) is 18.8 Å². The second kappa shape index (κ2) is 7.14. The fourth-order valence-corrected chi connectivity index (χ4v) is 1.52. The van der Waals surface area contributed by atoms with Crippen molar-refractivity contribution in [1.29, 1.82) is 0 Å². The lowest BCUT2D eigenvalue weighted by molar-refractivity contribution is 0.0801. The molecule has 0 aromatic rings. The van der Waals surface area contributed by atoms with Crippen molar-refractivity contribution in [2.24, 2.45) is 11.8 Å². The van der Waals surface area contributed by atoms with Crippen LogP contribution in [0.1, 0.15) is 47.0 Å². The highest BCUT2D eigenvalue weighted by Crippen LogP contribution is 2.19. The summed E-state index contributed by atoms with van der Waals surface area (Å²) in [6.45, 7) is 8.45. The number of aliphatic hydroxyl groups excluding tert-OH is 1. The number of rotatable bonds is 6. The van der Waals surface area contributed by atoms with Crippen molar-refractivity contribution in [3.05, 3.63) is 12.2 Å². The van der Waals surface area contributed by atoms with Gasteiger partial charge in [0.05, 0.1) is 6.10 Å². The monoisotopic (exact) mass is 184 g/mol. The molecular weight excluding hydrogens is 160 g/mol. The molecule has 1 N–H and O–H groups in total. The van der Waals surface area contributed by atoms with Crippen LogP contribution in [0.15, 0.2) is 12.2 Å². The molecule has 0 radical (unpaired) electrons. The van der Waals surface area contributed by atoms with Gasteiger partial charge in [0, 0.05) is 5.92 Å². The molecule has 0 spiro atoms. The topological polar surface area (TPSA) is 20.2 Å². The van der Waals surface area contributed by atoms with Gasteiger partial charge in [-0.2, -0.15) is 0 Å². The molecule has 2 atom stereocenters. The van der Waals surface area contributed by atoms with Crippen LogP contribution in [0.4, 0.5) is 0 Å². The number of allylic oxidation sites excluding steroid dienone is 1. The van der Waals surface area contributed by atoms with E-state index in [0.717, 1.165) is 19.3 Å². The quantitative estimate of drug-likeness (QED) is 0.627. The summed E-state index contributed by atoms with van der Waals surface area (Å²) in [6.07, 6.45) is 7.45. The Morgan fingerprint density at radius 3 is 2.23 bits per heavy atom. The highest BCUT2D eigenvalue weighted by atomic mass is 16.3. The van der Waals surface area contributed by atoms with Crippen LogP contribution in [0.2, 0.25) is 0 Å². The standard InChI is InChI=1S/C12H24O/c1-5-7-9-11(8-6-2)12(13)10(3)4/h7,9-13H,5-6,8H2,1-4H3/b9-7-. The van der Waals surface area contributed by atoms with E-state index in [4.69, 9.17) is 0 Å². The van der Waals surface area contributed by atoms with Gasteiger partial charge in [0.2, 0.25) is 0 Å². The van der Waals surface area contributed by atoms with E-state index in [1.165, 1.54) is 0 Å². The van der Waals surface area contributed by atoms with Crippen molar-refractivity contribution in [2.75, 3.05) is 0 Å². The lowest BCUT2D eigenvalue weighted by Crippen LogP contribution is -2.24. The fourth-order valence-electron chi connectivity index (χ4n) is 1.52. The molecule has 0 aliphatic rings. The summed E-state index contributed by atoms with van der Waals surface area (Å²) in [7, 11) is 0. The summed E-state index contributed by atoms with van der Waals surface area (Å²) >= 11 is 0. The molecule has 13 heavy (non-hydrogen) atoms. The zero-order valence-corrected chi connectivity index (χ0v) is 9.46. The molecule has 0 amide bonds. The van der Waals surface area contributed by atoms with Gasteiger partial charge >= 0.3 is 0 Å². The first-order valence-electron chi connectivity index (χ1n) is 5.48. The second-order valence-corrected chi connectivity index (χ2v) is 4.02. The predicted molar refractivity (Wildman–Crippen MR) is 58.7 cm³/mol. The molecule has 1 nitrogen and oxygen atoms in total. The highest BCUT2D eigenvalue weighted by molar-refractivity contribution is 4.91. The summed E-state index contributed by atoms with van der Waals surface area (Å²) in [5, 5.41) is 9.89. The lowest BCUT2D eigenvalue weighted by atomic mass is 9.89. The van der Waals surface area contributed by atoms with E-state index in [-0.39, 0.29) is 6.10 Å². The third kappa shape index (κ3) is 5.09. The van der Waals surface area contributed by atoms with Gasteiger partial charge in [0.1, 0.15) is 0 Å². The largest absolute Gasteiger partial charge is 0.392 e. The molecule has 0 fully saturated rings. The molecule has 78 valence electrons. The van der Waals surface area contributed by atoms with Crippen LogP contribution < -0.4 is 0 Å². The molecular formula is C12H24O. The van der Waals surface area contributed by atoms with Gasteiger partial charge in [-0.3, -0.25) is 0 Å². The smallest absolute Gasteiger partial charge is 0.0625 e. The third-order valence-corrected chi connectivity index (χ3v) is 2.36. The SMILES string of the molecule is CC/C=C\C(CCC)C(O)C(C)C. The van der Waals surface area contributed by atoms with Crippen LogP contribution in [0, 0.1) is 11.8 Å². The first-order valence-corrected chi connectivity index (χ1v) is 5.48. The zero-order chi connectivity index (χ0) is 10.3. The lowest BCUT2D eigenvalue weighted by Gasteiger charge is -2.22. The minimum absolute atomic E-state index is 0.178. The minimum atomic E-state index is -0.178. The van der Waals surface area contributed by atoms with E-state index in [1.807, 2.05) is 0 Å². The van der Waals surface area contributed by atoms with Crippen molar-refractivity contribution in [1.82, 2.24) is 0 Å². The van der Waals surface area contributed by atoms with E-state index < -0.39 is 0 Å². The third-order valence-electron chi connectivity index (χ3n) is 2.36. The Balaban J connectivity index is 4.14. The summed E-state index contributed by atoms with van der Waals surface area (Å²) in [5.74, 6) is 0.711. The molecule has 2 unspecified atom stereocenters. The predicted octanol–water partition coefficient (Wildman–Crippen LogP) is 3.39. The van der Waals surface area contributed by atoms with E-state index in [2.05, 4.69) is 39.8 Å². The Labute approximate surface area is 82.9 Å². The Bertz CT molecular complexity index is 138. The maximum absolute atomic E-state index is 9.89. The molecule has 0 aromatic carbocycles. The van der Waals surface area contributed by atoms with Gasteiger partial charge < -0.3 is 5.11 Å². The average Bonchev–Trinajstić information content (AvgIpc) is 2.11. The molecule has 0 aliphatic carbocycles. The fraction of sp³-hybridized carbons (Fsp3) is 0.833. The normalized spacial score (nSPS) is 16.8. The maximum Gasteiger partial charge on any atom is 0.0625 e. The van der Waals surface area contributed by atoms with Gasteiger partial charge in [-0.25, -0.2) is 0 Å². The summed E-state index contributed by atoms with van der Waals surface area (Å²) in [5.41, 5.74) is 0. The average molecular weight is 184 g/mol. The van der Waals surface area contributed by atoms with Crippen LogP contribution in [0.3, 0.4) is 0 Å². The molecule has 0 saturated carbocycles. The van der Waals surface area contributed by atoms with E-state index in [1.54, 1.807) is 0 Å². The van der Waals surface area contributed by atoms with E-state index >= 15 is 0 Å². The highest BCUT2D eigenvalue weighted by Gasteiger charge is 2.18. The van der Waals surface area contributed by atoms with Crippen molar-refractivity contribution in [3.63, 3.8) is 0 Å². The number of hydrogen-bond donors (Lipinski definition) is 1. The van der Waals surface area contributed by atoms with E-state index in [0.29, 0.717) is 11.8 Å². The molecule has 1 heteroatoms. The Hall–Kier alpha value is -0.300. The van der Waals surface area contributed by atoms with Crippen LogP contribution in [-0.4, -0.2) is 11.2 Å². The van der Waals surface area contributed by atoms with Gasteiger partial charge in [0.15, 0.2) is 0 Å². The molecule has 0 rings (SSSR count). The van der Waals surface area contributed by atoms with Crippen LogP contribution in [0.5, 0.6) is 0 Å². The molecule has 0 bridgehead atoms. The van der Waals surface area contributed by atoms with Crippen molar-refractivity contribution < 1.29 is 5.11 Å². The summed E-state index contributed by atoms with van der Waals surface area (Å²) in [6, 6.07) is 0. The first-order chi connectivity index (χ1) is 6.13. The Morgan fingerprint density at radius 2 is 1.85 bits per heavy atom. The Morgan fingerprint density at radius 1 is 1.23 bits per heavy atom. The molecule has 0 heterocycles. The Kier molecular flexibility index (Phi) is 6.97. The van der Waals surface area contributed by atoms with Gasteiger partial charge in [0.25, 0.3) is 0 Å². The second-order valence-electron chi connectivity index (χ2n) is 4.02. The summed E-state index contributed by atoms with van der Waals surface area (Å²) in [4.78, 5) is 0. The van der Waals surface area contributed by atoms with Crippen LogP contribution in [-0.2, 0) is 0 Å². The van der Waals surface area contributed by atoms with Crippen molar-refractivity contribution >= 4 is 0 Å². The van der Waals surface area contributed by atoms with Gasteiger partial charge in [-0.15, -0.1) is 0 Å². The number of aliphatic hydroxyl groups is 1. The van der Waals surface area contributed by atoms with Crippen molar-refractivity contribution in [2.45, 2.75) is 53.1 Å². The summed E-state index contributed by atoms with van der Waals surface area (Å²) < 4.78 is 0. The maximum atomic E-state index is 9.89. The molecule has 0 aromatic heterocycles. The van der Waals surface area contributed by atoms with Crippen LogP contribution in [0.25, 0.3) is 0 Å². The molecule has 0 aliphatic heterocycles. The van der Waals surface area contributed by atoms with E-state index in [9.17, 15) is 5.11 Å². The van der Waals surface area contributed by atoms with Crippen molar-refractivity contribution in [3.8, 4) is 0 Å². The molecule has 0 saturated heterocycles. The first kappa shape index (κ1) is 12.7. The van der Waals surface area contributed by atoms with Crippen LogP contribution >= 0.6 is 0 Å². The number of hydrogen-bond acceptors (Lipinski definition) is 1. The zero-order valence-electron chi connectivity index (χ0n) is 9.46.